The van der Waals surface area contributed by atoms with E-state index < -0.39 is 11.7 Å². The van der Waals surface area contributed by atoms with Crippen molar-refractivity contribution in [2.75, 3.05) is 18.5 Å². The zero-order chi connectivity index (χ0) is 15.8. The number of ether oxygens (including phenoxy) is 1. The summed E-state index contributed by atoms with van der Waals surface area (Å²) >= 11 is 5.94. The molecule has 4 nitrogen and oxygen atoms in total. The van der Waals surface area contributed by atoms with E-state index in [9.17, 15) is 9.18 Å². The Hall–Kier alpha value is -1.49. The van der Waals surface area contributed by atoms with Crippen LogP contribution in [0.3, 0.4) is 0 Å². The van der Waals surface area contributed by atoms with E-state index in [1.54, 1.807) is 26.8 Å². The summed E-state index contributed by atoms with van der Waals surface area (Å²) in [5, 5.41) is 3.11. The quantitative estimate of drug-likeness (QED) is 0.855. The molecule has 1 atom stereocenters. The Morgan fingerprint density at radius 2 is 2.14 bits per heavy atom. The number of benzene rings is 1. The highest BCUT2D eigenvalue weighted by Gasteiger charge is 2.29. The van der Waals surface area contributed by atoms with Crippen molar-refractivity contribution in [3.05, 3.63) is 28.5 Å². The fourth-order valence-corrected chi connectivity index (χ4v) is 2.66. The summed E-state index contributed by atoms with van der Waals surface area (Å²) in [4.78, 5) is 13.7. The van der Waals surface area contributed by atoms with Gasteiger partial charge < -0.3 is 15.0 Å². The molecule has 0 aliphatic carbocycles. The fourth-order valence-electron chi connectivity index (χ4n) is 2.44. The van der Waals surface area contributed by atoms with Gasteiger partial charge in [-0.25, -0.2) is 9.18 Å². The van der Waals surface area contributed by atoms with Crippen molar-refractivity contribution in [1.29, 1.82) is 0 Å². The lowest BCUT2D eigenvalue weighted by atomic mass is 9.96. The van der Waals surface area contributed by atoms with E-state index >= 15 is 0 Å². The van der Waals surface area contributed by atoms with Gasteiger partial charge >= 0.3 is 6.09 Å². The number of amides is 1. The van der Waals surface area contributed by atoms with Crippen LogP contribution < -0.4 is 10.2 Å². The standard InChI is InChI=1S/C15H20ClFN2O2/c1-15(2,3)21-14(20)18-12-5-6-19(4)13-10(12)7-9(16)8-11(13)17/h7-8,12H,5-6H2,1-4H3,(H,18,20). The number of anilines is 1. The summed E-state index contributed by atoms with van der Waals surface area (Å²) in [7, 11) is 1.82. The number of nitrogens with one attached hydrogen (secondary N) is 1. The Morgan fingerprint density at radius 1 is 1.48 bits per heavy atom. The van der Waals surface area contributed by atoms with E-state index in [-0.39, 0.29) is 11.9 Å². The number of hydrogen-bond donors (Lipinski definition) is 1. The number of rotatable bonds is 1. The Kier molecular flexibility index (Phi) is 4.33. The second-order valence-corrected chi connectivity index (χ2v) is 6.67. The lowest BCUT2D eigenvalue weighted by Crippen LogP contribution is -2.39. The maximum absolute atomic E-state index is 14.1. The number of fused-ring (bicyclic) bond motifs is 1. The van der Waals surface area contributed by atoms with Crippen LogP contribution in [0.1, 0.15) is 38.8 Å². The Labute approximate surface area is 129 Å². The van der Waals surface area contributed by atoms with E-state index in [2.05, 4.69) is 5.32 Å². The molecular formula is C15H20ClFN2O2. The molecule has 0 bridgehead atoms. The van der Waals surface area contributed by atoms with Crippen molar-refractivity contribution in [1.82, 2.24) is 5.32 Å². The normalized spacial score (nSPS) is 18.2. The molecule has 1 aromatic carbocycles. The first-order chi connectivity index (χ1) is 9.67. The average molecular weight is 315 g/mol. The Balaban J connectivity index is 2.25. The van der Waals surface area contributed by atoms with Gasteiger partial charge in [0.2, 0.25) is 0 Å². The van der Waals surface area contributed by atoms with Gasteiger partial charge in [-0.2, -0.15) is 0 Å². The zero-order valence-electron chi connectivity index (χ0n) is 12.7. The van der Waals surface area contributed by atoms with E-state index in [1.807, 2.05) is 11.9 Å². The highest BCUT2D eigenvalue weighted by atomic mass is 35.5. The molecule has 0 fully saturated rings. The minimum atomic E-state index is -0.571. The lowest BCUT2D eigenvalue weighted by molar-refractivity contribution is 0.0500. The molecule has 0 radical (unpaired) electrons. The van der Waals surface area contributed by atoms with Crippen LogP contribution >= 0.6 is 11.6 Å². The molecule has 1 aromatic rings. The second-order valence-electron chi connectivity index (χ2n) is 6.23. The predicted octanol–water partition coefficient (Wildman–Crippen LogP) is 3.88. The zero-order valence-corrected chi connectivity index (χ0v) is 13.4. The highest BCUT2D eigenvalue weighted by molar-refractivity contribution is 6.30. The SMILES string of the molecule is CN1CCC(NC(=O)OC(C)(C)C)c2cc(Cl)cc(F)c21. The molecule has 1 amide bonds. The molecule has 1 heterocycles. The summed E-state index contributed by atoms with van der Waals surface area (Å²) in [5.41, 5.74) is 0.587. The molecule has 0 spiro atoms. The average Bonchev–Trinajstić information content (AvgIpc) is 2.29. The van der Waals surface area contributed by atoms with Crippen LogP contribution in [-0.2, 0) is 4.74 Å². The van der Waals surface area contributed by atoms with Crippen molar-refractivity contribution in [2.24, 2.45) is 0 Å². The summed E-state index contributed by atoms with van der Waals surface area (Å²) in [5.74, 6) is -0.379. The summed E-state index contributed by atoms with van der Waals surface area (Å²) in [6, 6.07) is 2.67. The van der Waals surface area contributed by atoms with Gasteiger partial charge in [0.05, 0.1) is 11.7 Å². The minimum absolute atomic E-state index is 0.306. The molecule has 1 aliphatic heterocycles. The van der Waals surface area contributed by atoms with Crippen molar-refractivity contribution in [3.8, 4) is 0 Å². The monoisotopic (exact) mass is 314 g/mol. The van der Waals surface area contributed by atoms with Gasteiger partial charge in [-0.05, 0) is 39.3 Å². The molecule has 0 saturated heterocycles. The smallest absolute Gasteiger partial charge is 0.408 e. The van der Waals surface area contributed by atoms with Crippen molar-refractivity contribution >= 4 is 23.4 Å². The third kappa shape index (κ3) is 3.79. The Morgan fingerprint density at radius 3 is 2.76 bits per heavy atom. The summed E-state index contributed by atoms with van der Waals surface area (Å²) < 4.78 is 19.3. The van der Waals surface area contributed by atoms with E-state index in [1.165, 1.54) is 6.07 Å². The van der Waals surface area contributed by atoms with Crippen LogP contribution in [0.25, 0.3) is 0 Å². The van der Waals surface area contributed by atoms with Gasteiger partial charge in [-0.1, -0.05) is 11.6 Å². The molecule has 2 rings (SSSR count). The van der Waals surface area contributed by atoms with Crippen molar-refractivity contribution in [2.45, 2.75) is 38.8 Å². The lowest BCUT2D eigenvalue weighted by Gasteiger charge is -2.34. The molecule has 6 heteroatoms. The van der Waals surface area contributed by atoms with Crippen LogP contribution in [-0.4, -0.2) is 25.3 Å². The van der Waals surface area contributed by atoms with Gasteiger partial charge in [0.25, 0.3) is 0 Å². The number of carbonyl (C=O) groups is 1. The molecule has 1 unspecified atom stereocenters. The van der Waals surface area contributed by atoms with Crippen LogP contribution in [0.15, 0.2) is 12.1 Å². The number of carbonyl (C=O) groups excluding carboxylic acids is 1. The molecule has 0 aromatic heterocycles. The van der Waals surface area contributed by atoms with Gasteiger partial charge in [-0.15, -0.1) is 0 Å². The van der Waals surface area contributed by atoms with Crippen molar-refractivity contribution in [3.63, 3.8) is 0 Å². The van der Waals surface area contributed by atoms with Crippen LogP contribution in [0.4, 0.5) is 14.9 Å². The molecule has 0 saturated carbocycles. The molecule has 1 aliphatic rings. The molecule has 21 heavy (non-hydrogen) atoms. The second kappa shape index (κ2) is 5.72. The van der Waals surface area contributed by atoms with Crippen molar-refractivity contribution < 1.29 is 13.9 Å². The molecular weight excluding hydrogens is 295 g/mol. The number of nitrogens with zero attached hydrogens (tertiary/aromatic N) is 1. The first-order valence-corrected chi connectivity index (χ1v) is 7.25. The van der Waals surface area contributed by atoms with Crippen LogP contribution in [0.2, 0.25) is 5.02 Å². The van der Waals surface area contributed by atoms with E-state index in [4.69, 9.17) is 16.3 Å². The third-order valence-corrected chi connectivity index (χ3v) is 3.48. The minimum Gasteiger partial charge on any atom is -0.444 e. The number of alkyl carbamates (subject to hydrolysis) is 1. The largest absolute Gasteiger partial charge is 0.444 e. The Bertz CT molecular complexity index is 557. The maximum atomic E-state index is 14.1. The number of halogens is 2. The number of hydrogen-bond acceptors (Lipinski definition) is 3. The predicted molar refractivity (Wildman–Crippen MR) is 81.4 cm³/mol. The van der Waals surface area contributed by atoms with Gasteiger partial charge in [0, 0.05) is 24.2 Å². The van der Waals surface area contributed by atoms with E-state index in [0.717, 1.165) is 0 Å². The van der Waals surface area contributed by atoms with Gasteiger partial charge in [-0.3, -0.25) is 0 Å². The topological polar surface area (TPSA) is 41.6 Å². The van der Waals surface area contributed by atoms with Crippen LogP contribution in [0.5, 0.6) is 0 Å². The van der Waals surface area contributed by atoms with Crippen LogP contribution in [0, 0.1) is 5.82 Å². The first kappa shape index (κ1) is 15.9. The summed E-state index contributed by atoms with van der Waals surface area (Å²) in [6.45, 7) is 6.04. The summed E-state index contributed by atoms with van der Waals surface area (Å²) in [6.07, 6.45) is 0.158. The first-order valence-electron chi connectivity index (χ1n) is 6.87. The van der Waals surface area contributed by atoms with Gasteiger partial charge in [0.15, 0.2) is 0 Å². The fraction of sp³-hybridized carbons (Fsp3) is 0.533. The molecule has 116 valence electrons. The highest BCUT2D eigenvalue weighted by Crippen LogP contribution is 2.37. The molecule has 1 N–H and O–H groups in total. The van der Waals surface area contributed by atoms with E-state index in [0.29, 0.717) is 29.2 Å². The van der Waals surface area contributed by atoms with Gasteiger partial charge in [0.1, 0.15) is 11.4 Å². The third-order valence-electron chi connectivity index (χ3n) is 3.26. The maximum Gasteiger partial charge on any atom is 0.408 e.